The normalized spacial score (nSPS) is 48.0. The molecule has 4 fully saturated rings. The first-order chi connectivity index (χ1) is 4.90. The van der Waals surface area contributed by atoms with Crippen LogP contribution in [0.4, 0.5) is 0 Å². The van der Waals surface area contributed by atoms with Gasteiger partial charge < -0.3 is 11.6 Å². The Labute approximate surface area is 74.6 Å². The average molecular weight is 171 g/mol. The zero-order valence-corrected chi connectivity index (χ0v) is 7.76. The van der Waals surface area contributed by atoms with Crippen LogP contribution in [-0.4, -0.2) is 5.48 Å². The monoisotopic (exact) mass is 171 g/mol. The zero-order chi connectivity index (χ0) is 6.55. The fourth-order valence-electron chi connectivity index (χ4n) is 3.98. The van der Waals surface area contributed by atoms with Crippen LogP contribution in [0.1, 0.15) is 38.5 Å². The van der Waals surface area contributed by atoms with Crippen LogP contribution in [-0.2, 0) is 0 Å². The van der Waals surface area contributed by atoms with Gasteiger partial charge in [-0.15, -0.1) is 0 Å². The van der Waals surface area contributed by atoms with Crippen LogP contribution in [0, 0.1) is 23.7 Å². The summed E-state index contributed by atoms with van der Waals surface area (Å²) in [6, 6.07) is 0. The summed E-state index contributed by atoms with van der Waals surface area (Å²) >= 11 is 0. The molecule has 4 bridgehead atoms. The maximum atomic E-state index is 1.60. The lowest BCUT2D eigenvalue weighted by molar-refractivity contribution is 0.0198. The highest BCUT2D eigenvalue weighted by Crippen LogP contribution is 2.53. The van der Waals surface area contributed by atoms with E-state index in [1.165, 1.54) is 23.7 Å². The summed E-state index contributed by atoms with van der Waals surface area (Å²) in [4.78, 5) is 0. The van der Waals surface area contributed by atoms with Crippen LogP contribution in [0.5, 0.6) is 0 Å². The van der Waals surface area contributed by atoms with Gasteiger partial charge in [0.2, 0.25) is 0 Å². The van der Waals surface area contributed by atoms with Gasteiger partial charge in [0.25, 0.3) is 0 Å². The minimum Gasteiger partial charge on any atom is -0.412 e. The van der Waals surface area contributed by atoms with E-state index in [4.69, 9.17) is 0 Å². The molecule has 0 heterocycles. The standard InChI is InChI=1S/C10H16.H3N.H2O/c1-7-2-9-4-8(1)5-10(3-7)6-9;;/h7-10H,1-6H2;1H3;1H2. The van der Waals surface area contributed by atoms with E-state index in [1.807, 2.05) is 0 Å². The van der Waals surface area contributed by atoms with Crippen molar-refractivity contribution in [1.29, 1.82) is 0 Å². The van der Waals surface area contributed by atoms with Gasteiger partial charge in [0.15, 0.2) is 0 Å². The van der Waals surface area contributed by atoms with Gasteiger partial charge in [-0.2, -0.15) is 0 Å². The molecule has 0 unspecified atom stereocenters. The van der Waals surface area contributed by atoms with Gasteiger partial charge in [0, 0.05) is 0 Å². The molecule has 0 atom stereocenters. The molecule has 2 nitrogen and oxygen atoms in total. The predicted molar refractivity (Wildman–Crippen MR) is 50.3 cm³/mol. The Balaban J connectivity index is 0.000000360. The van der Waals surface area contributed by atoms with E-state index in [1.54, 1.807) is 38.5 Å². The third-order valence-electron chi connectivity index (χ3n) is 4.00. The van der Waals surface area contributed by atoms with Crippen molar-refractivity contribution in [2.75, 3.05) is 0 Å². The van der Waals surface area contributed by atoms with Gasteiger partial charge in [0.05, 0.1) is 0 Å². The summed E-state index contributed by atoms with van der Waals surface area (Å²) in [5.74, 6) is 4.71. The number of hydrogen-bond acceptors (Lipinski definition) is 1. The highest BCUT2D eigenvalue weighted by molar-refractivity contribution is 4.92. The molecule has 0 aromatic rings. The van der Waals surface area contributed by atoms with Crippen LogP contribution < -0.4 is 6.15 Å². The topological polar surface area (TPSA) is 66.5 Å². The van der Waals surface area contributed by atoms with Crippen LogP contribution in [0.15, 0.2) is 0 Å². The molecule has 0 aromatic heterocycles. The molecule has 0 aromatic carbocycles. The van der Waals surface area contributed by atoms with E-state index in [0.29, 0.717) is 0 Å². The molecule has 0 spiro atoms. The molecule has 5 N–H and O–H groups in total. The summed E-state index contributed by atoms with van der Waals surface area (Å²) in [6.45, 7) is 0. The maximum absolute atomic E-state index is 1.60. The highest BCUT2D eigenvalue weighted by Gasteiger charge is 2.41. The summed E-state index contributed by atoms with van der Waals surface area (Å²) in [6.07, 6.45) is 9.62. The highest BCUT2D eigenvalue weighted by atomic mass is 16.0. The van der Waals surface area contributed by atoms with Crippen LogP contribution in [0.25, 0.3) is 0 Å². The third kappa shape index (κ3) is 1.38. The molecular formula is C10H21NO. The van der Waals surface area contributed by atoms with Crippen LogP contribution in [0.3, 0.4) is 0 Å². The smallest absolute Gasteiger partial charge is 0.0406 e. The van der Waals surface area contributed by atoms with Gasteiger partial charge in [-0.05, 0) is 62.2 Å². The molecule has 2 heteroatoms. The van der Waals surface area contributed by atoms with Crippen molar-refractivity contribution < 1.29 is 5.48 Å². The van der Waals surface area contributed by atoms with E-state index in [2.05, 4.69) is 0 Å². The Morgan fingerprint density at radius 1 is 0.500 bits per heavy atom. The lowest BCUT2D eigenvalue weighted by Gasteiger charge is -2.49. The van der Waals surface area contributed by atoms with E-state index < -0.39 is 0 Å². The van der Waals surface area contributed by atoms with Crippen molar-refractivity contribution >= 4 is 0 Å². The minimum absolute atomic E-state index is 0. The molecule has 0 radical (unpaired) electrons. The van der Waals surface area contributed by atoms with Gasteiger partial charge in [-0.1, -0.05) is 0 Å². The van der Waals surface area contributed by atoms with Crippen LogP contribution in [0.2, 0.25) is 0 Å². The van der Waals surface area contributed by atoms with Crippen molar-refractivity contribution in [1.82, 2.24) is 6.15 Å². The fourth-order valence-corrected chi connectivity index (χ4v) is 3.98. The molecule has 0 saturated heterocycles. The molecular weight excluding hydrogens is 150 g/mol. The SMILES string of the molecule is C1C2CC3CC1CC(C2)C3.N.O. The van der Waals surface area contributed by atoms with Crippen molar-refractivity contribution in [2.24, 2.45) is 23.7 Å². The van der Waals surface area contributed by atoms with E-state index in [-0.39, 0.29) is 11.6 Å². The van der Waals surface area contributed by atoms with E-state index in [9.17, 15) is 0 Å². The second kappa shape index (κ2) is 3.35. The molecule has 0 amide bonds. The molecule has 72 valence electrons. The summed E-state index contributed by atoms with van der Waals surface area (Å²) in [5, 5.41) is 0. The van der Waals surface area contributed by atoms with Gasteiger partial charge in [0.1, 0.15) is 0 Å². The molecule has 4 rings (SSSR count). The zero-order valence-electron chi connectivity index (χ0n) is 7.76. The quantitative estimate of drug-likeness (QED) is 0.596. The average Bonchev–Trinajstić information content (AvgIpc) is 1.82. The van der Waals surface area contributed by atoms with Gasteiger partial charge in [-0.3, -0.25) is 0 Å². The largest absolute Gasteiger partial charge is 0.412 e. The van der Waals surface area contributed by atoms with Gasteiger partial charge in [-0.25, -0.2) is 0 Å². The molecule has 0 aliphatic heterocycles. The first-order valence-electron chi connectivity index (χ1n) is 4.90. The second-order valence-electron chi connectivity index (χ2n) is 4.88. The molecule has 4 aliphatic carbocycles. The Morgan fingerprint density at radius 2 is 0.667 bits per heavy atom. The molecule has 4 aliphatic rings. The Bertz CT molecular complexity index is 101. The first-order valence-corrected chi connectivity index (χ1v) is 4.90. The van der Waals surface area contributed by atoms with Gasteiger partial charge >= 0.3 is 0 Å². The van der Waals surface area contributed by atoms with Crippen molar-refractivity contribution in [3.8, 4) is 0 Å². The van der Waals surface area contributed by atoms with Crippen molar-refractivity contribution in [2.45, 2.75) is 38.5 Å². The third-order valence-corrected chi connectivity index (χ3v) is 4.00. The number of rotatable bonds is 0. The summed E-state index contributed by atoms with van der Waals surface area (Å²) in [7, 11) is 0. The summed E-state index contributed by atoms with van der Waals surface area (Å²) < 4.78 is 0. The van der Waals surface area contributed by atoms with E-state index >= 15 is 0 Å². The van der Waals surface area contributed by atoms with Crippen molar-refractivity contribution in [3.63, 3.8) is 0 Å². The fraction of sp³-hybridized carbons (Fsp3) is 1.00. The first kappa shape index (κ1) is 10.0. The Morgan fingerprint density at radius 3 is 0.833 bits per heavy atom. The summed E-state index contributed by atoms with van der Waals surface area (Å²) in [5.41, 5.74) is 0. The lowest BCUT2D eigenvalue weighted by atomic mass is 9.56. The Hall–Kier alpha value is -0.0800. The van der Waals surface area contributed by atoms with Crippen molar-refractivity contribution in [3.05, 3.63) is 0 Å². The Kier molecular flexibility index (Phi) is 2.79. The lowest BCUT2D eigenvalue weighted by Crippen LogP contribution is -2.38. The molecule has 12 heavy (non-hydrogen) atoms. The molecule has 4 saturated carbocycles. The minimum atomic E-state index is 0. The van der Waals surface area contributed by atoms with E-state index in [0.717, 1.165) is 0 Å². The maximum Gasteiger partial charge on any atom is -0.0406 e. The second-order valence-corrected chi connectivity index (χ2v) is 4.88. The predicted octanol–water partition coefficient (Wildman–Crippen LogP) is 2.17. The van der Waals surface area contributed by atoms with Crippen LogP contribution >= 0.6 is 0 Å². The number of hydrogen-bond donors (Lipinski definition) is 1.